The van der Waals surface area contributed by atoms with Crippen LogP contribution in [0.3, 0.4) is 0 Å². The molecule has 0 unspecified atom stereocenters. The molecule has 5 rings (SSSR count). The molecule has 0 radical (unpaired) electrons. The molecule has 3 heterocycles. The van der Waals surface area contributed by atoms with E-state index in [2.05, 4.69) is 37.1 Å². The Morgan fingerprint density at radius 1 is 1.09 bits per heavy atom. The quantitative estimate of drug-likeness (QED) is 0.763. The standard InChI is InChI=1S/C26H37N5O/c1-20-28-29-24-12-11-23(18-31(20)24)21-9-8-10-22(17-21)25(32)27-19-26(13-4-2-5-14-26)30-15-6-3-7-16-30/h8-10,17,23H,2-7,11-16,18-19H2,1H3,(H,27,32)/t23-/m1/s1. The molecule has 6 heteroatoms. The van der Waals surface area contributed by atoms with E-state index in [0.717, 1.165) is 43.1 Å². The molecule has 2 aromatic rings. The second kappa shape index (κ2) is 9.34. The molecule has 1 N–H and O–H groups in total. The molecule has 0 bridgehead atoms. The van der Waals surface area contributed by atoms with E-state index in [4.69, 9.17) is 0 Å². The van der Waals surface area contributed by atoms with Crippen molar-refractivity contribution < 1.29 is 4.79 Å². The van der Waals surface area contributed by atoms with Crippen molar-refractivity contribution >= 4 is 5.91 Å². The van der Waals surface area contributed by atoms with Crippen LogP contribution in [-0.4, -0.2) is 50.7 Å². The van der Waals surface area contributed by atoms with Crippen molar-refractivity contribution in [3.05, 3.63) is 47.0 Å². The molecular formula is C26H37N5O. The van der Waals surface area contributed by atoms with Gasteiger partial charge in [0.1, 0.15) is 11.6 Å². The fourth-order valence-electron chi connectivity index (χ4n) is 6.20. The summed E-state index contributed by atoms with van der Waals surface area (Å²) in [4.78, 5) is 15.9. The number of piperidine rings is 1. The molecule has 0 spiro atoms. The van der Waals surface area contributed by atoms with Gasteiger partial charge < -0.3 is 9.88 Å². The van der Waals surface area contributed by atoms with Crippen LogP contribution in [0.5, 0.6) is 0 Å². The van der Waals surface area contributed by atoms with Crippen LogP contribution in [0.2, 0.25) is 0 Å². The van der Waals surface area contributed by atoms with Crippen LogP contribution in [0, 0.1) is 6.92 Å². The number of carbonyl (C=O) groups excluding carboxylic acids is 1. The second-order valence-corrected chi connectivity index (χ2v) is 10.2. The minimum atomic E-state index is 0.0748. The predicted octanol–water partition coefficient (Wildman–Crippen LogP) is 4.24. The zero-order chi connectivity index (χ0) is 22.0. The second-order valence-electron chi connectivity index (χ2n) is 10.2. The smallest absolute Gasteiger partial charge is 0.251 e. The highest BCUT2D eigenvalue weighted by molar-refractivity contribution is 5.94. The van der Waals surface area contributed by atoms with Gasteiger partial charge in [0.2, 0.25) is 0 Å². The number of aryl methyl sites for hydroxylation is 2. The van der Waals surface area contributed by atoms with E-state index in [9.17, 15) is 4.79 Å². The summed E-state index contributed by atoms with van der Waals surface area (Å²) in [5, 5.41) is 11.9. The van der Waals surface area contributed by atoms with Crippen LogP contribution in [0.4, 0.5) is 0 Å². The summed E-state index contributed by atoms with van der Waals surface area (Å²) in [6, 6.07) is 8.28. The van der Waals surface area contributed by atoms with E-state index in [1.165, 1.54) is 70.0 Å². The van der Waals surface area contributed by atoms with Crippen LogP contribution in [0.25, 0.3) is 0 Å². The minimum absolute atomic E-state index is 0.0748. The third-order valence-corrected chi connectivity index (χ3v) is 8.14. The number of nitrogens with zero attached hydrogens (tertiary/aromatic N) is 4. The number of aromatic nitrogens is 3. The molecule has 2 fully saturated rings. The van der Waals surface area contributed by atoms with Gasteiger partial charge in [-0.25, -0.2) is 0 Å². The van der Waals surface area contributed by atoms with Gasteiger partial charge in [0.25, 0.3) is 5.91 Å². The number of fused-ring (bicyclic) bond motifs is 1. The van der Waals surface area contributed by atoms with Crippen molar-refractivity contribution in [1.82, 2.24) is 25.0 Å². The lowest BCUT2D eigenvalue weighted by atomic mass is 9.79. The third kappa shape index (κ3) is 4.34. The number of carbonyl (C=O) groups is 1. The Morgan fingerprint density at radius 2 is 1.88 bits per heavy atom. The topological polar surface area (TPSA) is 63.1 Å². The Balaban J connectivity index is 1.27. The molecule has 172 valence electrons. The molecule has 1 aromatic heterocycles. The highest BCUT2D eigenvalue weighted by atomic mass is 16.1. The van der Waals surface area contributed by atoms with Crippen molar-refractivity contribution in [3.8, 4) is 0 Å². The SMILES string of the molecule is Cc1nnc2n1C[C@H](c1cccc(C(=O)NCC3(N4CCCCC4)CCCCC3)c1)CC2. The first kappa shape index (κ1) is 21.6. The van der Waals surface area contributed by atoms with E-state index in [-0.39, 0.29) is 11.4 Å². The number of nitrogens with one attached hydrogen (secondary N) is 1. The monoisotopic (exact) mass is 435 g/mol. The van der Waals surface area contributed by atoms with Crippen LogP contribution in [-0.2, 0) is 13.0 Å². The van der Waals surface area contributed by atoms with Gasteiger partial charge in [-0.2, -0.15) is 0 Å². The number of likely N-dealkylation sites (tertiary alicyclic amines) is 1. The Morgan fingerprint density at radius 3 is 2.69 bits per heavy atom. The molecule has 1 saturated heterocycles. The maximum Gasteiger partial charge on any atom is 0.251 e. The highest BCUT2D eigenvalue weighted by Crippen LogP contribution is 2.35. The predicted molar refractivity (Wildman–Crippen MR) is 126 cm³/mol. The molecule has 2 aliphatic heterocycles. The first-order chi connectivity index (χ1) is 15.6. The van der Waals surface area contributed by atoms with E-state index in [1.54, 1.807) is 0 Å². The largest absolute Gasteiger partial charge is 0.350 e. The molecule has 3 aliphatic rings. The van der Waals surface area contributed by atoms with Crippen LogP contribution >= 0.6 is 0 Å². The van der Waals surface area contributed by atoms with E-state index < -0.39 is 0 Å². The molecule has 1 aromatic carbocycles. The van der Waals surface area contributed by atoms with Gasteiger partial charge in [-0.1, -0.05) is 37.8 Å². The lowest BCUT2D eigenvalue weighted by molar-refractivity contribution is 0.0326. The van der Waals surface area contributed by atoms with Crippen molar-refractivity contribution in [1.29, 1.82) is 0 Å². The van der Waals surface area contributed by atoms with Crippen LogP contribution in [0.15, 0.2) is 24.3 Å². The number of hydrogen-bond acceptors (Lipinski definition) is 4. The first-order valence-corrected chi connectivity index (χ1v) is 12.7. The van der Waals surface area contributed by atoms with Crippen LogP contribution in [0.1, 0.15) is 91.3 Å². The summed E-state index contributed by atoms with van der Waals surface area (Å²) >= 11 is 0. The molecule has 1 aliphatic carbocycles. The summed E-state index contributed by atoms with van der Waals surface area (Å²) in [7, 11) is 0. The van der Waals surface area contributed by atoms with Gasteiger partial charge in [-0.05, 0) is 69.8 Å². The van der Waals surface area contributed by atoms with Gasteiger partial charge in [0, 0.05) is 36.5 Å². The normalized spacial score (nSPS) is 23.5. The lowest BCUT2D eigenvalue weighted by Gasteiger charge is -2.48. The summed E-state index contributed by atoms with van der Waals surface area (Å²) in [5.41, 5.74) is 2.20. The average Bonchev–Trinajstić information content (AvgIpc) is 3.24. The van der Waals surface area contributed by atoms with Crippen molar-refractivity contribution in [2.24, 2.45) is 0 Å². The minimum Gasteiger partial charge on any atom is -0.350 e. The highest BCUT2D eigenvalue weighted by Gasteiger charge is 2.38. The Kier molecular flexibility index (Phi) is 6.31. The Bertz CT molecular complexity index is 939. The molecule has 1 atom stereocenters. The summed E-state index contributed by atoms with van der Waals surface area (Å²) < 4.78 is 2.23. The number of benzene rings is 1. The number of hydrogen-bond donors (Lipinski definition) is 1. The van der Waals surface area contributed by atoms with E-state index >= 15 is 0 Å². The maximum absolute atomic E-state index is 13.2. The summed E-state index contributed by atoms with van der Waals surface area (Å²) in [6.45, 7) is 6.08. The zero-order valence-electron chi connectivity index (χ0n) is 19.5. The fourth-order valence-corrected chi connectivity index (χ4v) is 6.20. The van der Waals surface area contributed by atoms with Crippen LogP contribution < -0.4 is 5.32 Å². The molecule has 1 saturated carbocycles. The third-order valence-electron chi connectivity index (χ3n) is 8.14. The van der Waals surface area contributed by atoms with Gasteiger partial charge >= 0.3 is 0 Å². The summed E-state index contributed by atoms with van der Waals surface area (Å²) in [5.74, 6) is 2.55. The van der Waals surface area contributed by atoms with Crippen molar-refractivity contribution in [2.45, 2.75) is 89.1 Å². The average molecular weight is 436 g/mol. The van der Waals surface area contributed by atoms with Gasteiger partial charge in [0.15, 0.2) is 0 Å². The number of rotatable bonds is 5. The van der Waals surface area contributed by atoms with Gasteiger partial charge in [-0.15, -0.1) is 10.2 Å². The Hall–Kier alpha value is -2.21. The fraction of sp³-hybridized carbons (Fsp3) is 0.654. The van der Waals surface area contributed by atoms with E-state index in [1.807, 2.05) is 19.1 Å². The Labute approximate surface area is 191 Å². The molecule has 32 heavy (non-hydrogen) atoms. The van der Waals surface area contributed by atoms with Gasteiger partial charge in [-0.3, -0.25) is 9.69 Å². The molecular weight excluding hydrogens is 398 g/mol. The lowest BCUT2D eigenvalue weighted by Crippen LogP contribution is -2.58. The number of amides is 1. The molecule has 1 amide bonds. The van der Waals surface area contributed by atoms with Crippen molar-refractivity contribution in [2.75, 3.05) is 19.6 Å². The molecule has 6 nitrogen and oxygen atoms in total. The zero-order valence-corrected chi connectivity index (χ0v) is 19.5. The summed E-state index contributed by atoms with van der Waals surface area (Å²) in [6.07, 6.45) is 12.3. The maximum atomic E-state index is 13.2. The first-order valence-electron chi connectivity index (χ1n) is 12.7. The van der Waals surface area contributed by atoms with Crippen molar-refractivity contribution in [3.63, 3.8) is 0 Å². The van der Waals surface area contributed by atoms with Gasteiger partial charge in [0.05, 0.1) is 0 Å². The van der Waals surface area contributed by atoms with E-state index in [0.29, 0.717) is 5.92 Å².